The standard InChI is InChI=1S/C15H25ClN2O/c1-11(2)17-9-12-8-13(16)6-7-14(12)18(5)15(3,4)10-19/h6-8,11,17,19H,9-10H2,1-5H3. The van der Waals surface area contributed by atoms with Crippen molar-refractivity contribution < 1.29 is 5.11 Å². The largest absolute Gasteiger partial charge is 0.394 e. The molecule has 1 aromatic carbocycles. The van der Waals surface area contributed by atoms with Crippen LogP contribution in [0.25, 0.3) is 0 Å². The predicted octanol–water partition coefficient (Wildman–Crippen LogP) is 3.05. The molecule has 0 atom stereocenters. The second-order valence-electron chi connectivity index (χ2n) is 5.84. The van der Waals surface area contributed by atoms with Gasteiger partial charge in [-0.2, -0.15) is 0 Å². The Bertz CT molecular complexity index is 419. The van der Waals surface area contributed by atoms with Gasteiger partial charge in [0.15, 0.2) is 0 Å². The molecule has 0 unspecified atom stereocenters. The van der Waals surface area contributed by atoms with Crippen LogP contribution < -0.4 is 10.2 Å². The van der Waals surface area contributed by atoms with Crippen molar-refractivity contribution in [2.24, 2.45) is 0 Å². The summed E-state index contributed by atoms with van der Waals surface area (Å²) in [5, 5.41) is 13.6. The van der Waals surface area contributed by atoms with E-state index in [9.17, 15) is 5.11 Å². The lowest BCUT2D eigenvalue weighted by molar-refractivity contribution is 0.216. The van der Waals surface area contributed by atoms with Gasteiger partial charge in [-0.15, -0.1) is 0 Å². The third-order valence-corrected chi connectivity index (χ3v) is 3.63. The number of hydrogen-bond acceptors (Lipinski definition) is 3. The second kappa shape index (κ2) is 6.60. The highest BCUT2D eigenvalue weighted by atomic mass is 35.5. The summed E-state index contributed by atoms with van der Waals surface area (Å²) < 4.78 is 0. The van der Waals surface area contributed by atoms with Gasteiger partial charge in [-0.25, -0.2) is 0 Å². The molecule has 1 rings (SSSR count). The maximum atomic E-state index is 9.51. The molecule has 0 saturated heterocycles. The SMILES string of the molecule is CC(C)NCc1cc(Cl)ccc1N(C)C(C)(C)CO. The number of anilines is 1. The van der Waals surface area contributed by atoms with Crippen molar-refractivity contribution in [1.29, 1.82) is 0 Å². The van der Waals surface area contributed by atoms with Gasteiger partial charge in [0, 0.05) is 30.3 Å². The first-order chi connectivity index (χ1) is 8.77. The Morgan fingerprint density at radius 2 is 2.00 bits per heavy atom. The van der Waals surface area contributed by atoms with Gasteiger partial charge in [0.2, 0.25) is 0 Å². The van der Waals surface area contributed by atoms with Crippen LogP contribution in [0.15, 0.2) is 18.2 Å². The summed E-state index contributed by atoms with van der Waals surface area (Å²) in [5.74, 6) is 0. The lowest BCUT2D eigenvalue weighted by Gasteiger charge is -2.37. The molecule has 0 aromatic heterocycles. The van der Waals surface area contributed by atoms with Gasteiger partial charge in [0.05, 0.1) is 12.1 Å². The predicted molar refractivity (Wildman–Crippen MR) is 83.0 cm³/mol. The van der Waals surface area contributed by atoms with Gasteiger partial charge in [-0.1, -0.05) is 25.4 Å². The van der Waals surface area contributed by atoms with E-state index in [0.29, 0.717) is 6.04 Å². The van der Waals surface area contributed by atoms with Gasteiger partial charge < -0.3 is 15.3 Å². The lowest BCUT2D eigenvalue weighted by atomic mass is 10.0. The molecule has 4 heteroatoms. The van der Waals surface area contributed by atoms with Gasteiger partial charge in [-0.05, 0) is 37.6 Å². The monoisotopic (exact) mass is 284 g/mol. The number of benzene rings is 1. The molecule has 0 amide bonds. The van der Waals surface area contributed by atoms with Crippen molar-refractivity contribution in [1.82, 2.24) is 5.32 Å². The quantitative estimate of drug-likeness (QED) is 0.843. The van der Waals surface area contributed by atoms with Crippen molar-refractivity contribution in [3.05, 3.63) is 28.8 Å². The molecule has 0 aliphatic rings. The molecule has 0 spiro atoms. The summed E-state index contributed by atoms with van der Waals surface area (Å²) >= 11 is 6.09. The number of nitrogens with one attached hydrogen (secondary N) is 1. The summed E-state index contributed by atoms with van der Waals surface area (Å²) in [5.41, 5.74) is 1.93. The highest BCUT2D eigenvalue weighted by Gasteiger charge is 2.24. The van der Waals surface area contributed by atoms with Crippen LogP contribution in [-0.4, -0.2) is 30.3 Å². The number of rotatable bonds is 6. The number of aliphatic hydroxyl groups is 1. The fraction of sp³-hybridized carbons (Fsp3) is 0.600. The van der Waals surface area contributed by atoms with Gasteiger partial charge in [0.1, 0.15) is 0 Å². The summed E-state index contributed by atoms with van der Waals surface area (Å²) in [6.07, 6.45) is 0. The number of nitrogens with zero attached hydrogens (tertiary/aromatic N) is 1. The van der Waals surface area contributed by atoms with Crippen molar-refractivity contribution in [2.45, 2.75) is 45.8 Å². The van der Waals surface area contributed by atoms with Crippen LogP contribution >= 0.6 is 11.6 Å². The van der Waals surface area contributed by atoms with E-state index in [0.717, 1.165) is 22.8 Å². The zero-order valence-electron chi connectivity index (χ0n) is 12.5. The van der Waals surface area contributed by atoms with Crippen LogP contribution in [0, 0.1) is 0 Å². The third kappa shape index (κ3) is 4.37. The highest BCUT2D eigenvalue weighted by molar-refractivity contribution is 6.30. The Hall–Kier alpha value is -0.770. The van der Waals surface area contributed by atoms with Gasteiger partial charge >= 0.3 is 0 Å². The molecule has 0 fully saturated rings. The van der Waals surface area contributed by atoms with E-state index in [4.69, 9.17) is 11.6 Å². The summed E-state index contributed by atoms with van der Waals surface area (Å²) in [6, 6.07) is 6.30. The number of hydrogen-bond donors (Lipinski definition) is 2. The normalized spacial score (nSPS) is 12.0. The van der Waals surface area contributed by atoms with Crippen molar-refractivity contribution in [3.8, 4) is 0 Å². The van der Waals surface area contributed by atoms with Crippen LogP contribution in [0.2, 0.25) is 5.02 Å². The minimum absolute atomic E-state index is 0.100. The molecule has 0 aliphatic heterocycles. The molecule has 0 bridgehead atoms. The van der Waals surface area contributed by atoms with E-state index in [1.165, 1.54) is 0 Å². The molecular weight excluding hydrogens is 260 g/mol. The third-order valence-electron chi connectivity index (χ3n) is 3.40. The van der Waals surface area contributed by atoms with Crippen molar-refractivity contribution >= 4 is 17.3 Å². The molecule has 0 saturated carbocycles. The summed E-state index contributed by atoms with van der Waals surface area (Å²) in [7, 11) is 2.00. The minimum Gasteiger partial charge on any atom is -0.394 e. The van der Waals surface area contributed by atoms with Crippen molar-refractivity contribution in [3.63, 3.8) is 0 Å². The van der Waals surface area contributed by atoms with E-state index in [1.54, 1.807) is 0 Å². The number of likely N-dealkylation sites (N-methyl/N-ethyl adjacent to an activating group) is 1. The average molecular weight is 285 g/mol. The molecule has 108 valence electrons. The van der Waals surface area contributed by atoms with E-state index in [1.807, 2.05) is 39.1 Å². The first kappa shape index (κ1) is 16.3. The maximum absolute atomic E-state index is 9.51. The Labute approximate surface area is 121 Å². The van der Waals surface area contributed by atoms with E-state index >= 15 is 0 Å². The van der Waals surface area contributed by atoms with Crippen LogP contribution in [-0.2, 0) is 6.54 Å². The summed E-state index contributed by atoms with van der Waals surface area (Å²) in [4.78, 5) is 2.10. The molecule has 3 nitrogen and oxygen atoms in total. The lowest BCUT2D eigenvalue weighted by Crippen LogP contribution is -2.45. The van der Waals surface area contributed by atoms with E-state index in [2.05, 4.69) is 24.1 Å². The minimum atomic E-state index is -0.305. The molecule has 1 aromatic rings. The molecule has 0 aliphatic carbocycles. The topological polar surface area (TPSA) is 35.5 Å². The van der Waals surface area contributed by atoms with Crippen LogP contribution in [0.5, 0.6) is 0 Å². The Morgan fingerprint density at radius 3 is 2.53 bits per heavy atom. The molecule has 2 N–H and O–H groups in total. The average Bonchev–Trinajstić information content (AvgIpc) is 2.35. The Balaban J connectivity index is 3.05. The Morgan fingerprint density at radius 1 is 1.37 bits per heavy atom. The van der Waals surface area contributed by atoms with Crippen LogP contribution in [0.1, 0.15) is 33.3 Å². The zero-order valence-corrected chi connectivity index (χ0v) is 13.3. The second-order valence-corrected chi connectivity index (χ2v) is 6.27. The highest BCUT2D eigenvalue weighted by Crippen LogP contribution is 2.28. The zero-order chi connectivity index (χ0) is 14.6. The van der Waals surface area contributed by atoms with E-state index < -0.39 is 0 Å². The molecular formula is C15H25ClN2O. The fourth-order valence-electron chi connectivity index (χ4n) is 1.77. The fourth-order valence-corrected chi connectivity index (χ4v) is 1.96. The first-order valence-electron chi connectivity index (χ1n) is 6.64. The Kier molecular flexibility index (Phi) is 5.65. The molecule has 0 heterocycles. The smallest absolute Gasteiger partial charge is 0.0658 e. The number of halogens is 1. The van der Waals surface area contributed by atoms with Crippen LogP contribution in [0.4, 0.5) is 5.69 Å². The van der Waals surface area contributed by atoms with Crippen molar-refractivity contribution in [2.75, 3.05) is 18.6 Å². The van der Waals surface area contributed by atoms with Gasteiger partial charge in [0.25, 0.3) is 0 Å². The first-order valence-corrected chi connectivity index (χ1v) is 7.02. The molecule has 0 radical (unpaired) electrons. The number of aliphatic hydroxyl groups excluding tert-OH is 1. The maximum Gasteiger partial charge on any atom is 0.0658 e. The summed E-state index contributed by atoms with van der Waals surface area (Å²) in [6.45, 7) is 9.13. The van der Waals surface area contributed by atoms with Crippen LogP contribution in [0.3, 0.4) is 0 Å². The van der Waals surface area contributed by atoms with Gasteiger partial charge in [-0.3, -0.25) is 0 Å². The van der Waals surface area contributed by atoms with E-state index in [-0.39, 0.29) is 12.1 Å². The molecule has 19 heavy (non-hydrogen) atoms.